The van der Waals surface area contributed by atoms with Crippen molar-refractivity contribution in [3.05, 3.63) is 21.3 Å². The van der Waals surface area contributed by atoms with Gasteiger partial charge in [-0.1, -0.05) is 25.4 Å². The van der Waals surface area contributed by atoms with Gasteiger partial charge in [0, 0.05) is 11.3 Å². The average molecular weight is 245 g/mol. The predicted molar refractivity (Wildman–Crippen MR) is 65.6 cm³/mol. The Hall–Kier alpha value is -0.0500. The second kappa shape index (κ2) is 3.76. The molecule has 15 heavy (non-hydrogen) atoms. The van der Waals surface area contributed by atoms with E-state index in [9.17, 15) is 5.11 Å². The second-order valence-electron chi connectivity index (χ2n) is 5.45. The average Bonchev–Trinajstić information content (AvgIpc) is 2.57. The molecule has 0 saturated heterocycles. The van der Waals surface area contributed by atoms with Gasteiger partial charge in [0.1, 0.15) is 0 Å². The van der Waals surface area contributed by atoms with E-state index in [0.29, 0.717) is 0 Å². The largest absolute Gasteiger partial charge is 0.389 e. The maximum atomic E-state index is 10.5. The summed E-state index contributed by atoms with van der Waals surface area (Å²) in [4.78, 5) is 1.19. The van der Waals surface area contributed by atoms with Crippen LogP contribution in [0.25, 0.3) is 0 Å². The monoisotopic (exact) mass is 244 g/mol. The predicted octanol–water partition coefficient (Wildman–Crippen LogP) is 3.89. The van der Waals surface area contributed by atoms with Crippen LogP contribution < -0.4 is 0 Å². The highest BCUT2D eigenvalue weighted by atomic mass is 35.5. The van der Waals surface area contributed by atoms with Gasteiger partial charge in [0.2, 0.25) is 0 Å². The fourth-order valence-electron chi connectivity index (χ4n) is 2.56. The molecule has 1 fully saturated rings. The molecule has 1 heterocycles. The van der Waals surface area contributed by atoms with E-state index in [1.165, 1.54) is 4.88 Å². The molecule has 0 bridgehead atoms. The molecule has 1 nitrogen and oxygen atoms in total. The summed E-state index contributed by atoms with van der Waals surface area (Å²) in [6.45, 7) is 4.46. The normalized spacial score (nSPS) is 29.6. The minimum Gasteiger partial charge on any atom is -0.389 e. The molecule has 0 amide bonds. The summed E-state index contributed by atoms with van der Waals surface area (Å²) in [7, 11) is 0. The molecule has 1 aliphatic rings. The Morgan fingerprint density at radius 3 is 2.60 bits per heavy atom. The SMILES string of the molecule is CC1(C)CCC(O)(Cc2ccc(Cl)s2)C1. The highest BCUT2D eigenvalue weighted by Crippen LogP contribution is 2.45. The van der Waals surface area contributed by atoms with Gasteiger partial charge in [0.15, 0.2) is 0 Å². The number of aliphatic hydroxyl groups is 1. The van der Waals surface area contributed by atoms with Gasteiger partial charge in [0.05, 0.1) is 9.94 Å². The first-order valence-corrected chi connectivity index (χ1v) is 6.55. The van der Waals surface area contributed by atoms with Gasteiger partial charge in [-0.3, -0.25) is 0 Å². The fraction of sp³-hybridized carbons (Fsp3) is 0.667. The van der Waals surface area contributed by atoms with E-state index < -0.39 is 5.60 Å². The van der Waals surface area contributed by atoms with Gasteiger partial charge in [-0.25, -0.2) is 0 Å². The summed E-state index contributed by atoms with van der Waals surface area (Å²) in [5.41, 5.74) is -0.215. The highest BCUT2D eigenvalue weighted by Gasteiger charge is 2.41. The minimum absolute atomic E-state index is 0.288. The first-order valence-electron chi connectivity index (χ1n) is 5.35. The Labute approximate surface area is 100 Å². The molecule has 84 valence electrons. The molecular formula is C12H17ClOS. The van der Waals surface area contributed by atoms with Gasteiger partial charge >= 0.3 is 0 Å². The van der Waals surface area contributed by atoms with E-state index in [4.69, 9.17) is 11.6 Å². The lowest BCUT2D eigenvalue weighted by Crippen LogP contribution is -2.28. The number of rotatable bonds is 2. The summed E-state index contributed by atoms with van der Waals surface area (Å²) < 4.78 is 0.811. The maximum Gasteiger partial charge on any atom is 0.0931 e. The van der Waals surface area contributed by atoms with Gasteiger partial charge < -0.3 is 5.11 Å². The van der Waals surface area contributed by atoms with Crippen LogP contribution in [-0.4, -0.2) is 10.7 Å². The molecule has 0 spiro atoms. The number of thiophene rings is 1. The second-order valence-corrected chi connectivity index (χ2v) is 7.25. The lowest BCUT2D eigenvalue weighted by Gasteiger charge is -2.24. The smallest absolute Gasteiger partial charge is 0.0931 e. The Bertz CT molecular complexity index is 358. The van der Waals surface area contributed by atoms with Crippen molar-refractivity contribution >= 4 is 22.9 Å². The zero-order valence-corrected chi connectivity index (χ0v) is 10.8. The first-order chi connectivity index (χ1) is 6.89. The van der Waals surface area contributed by atoms with Crippen molar-refractivity contribution < 1.29 is 5.11 Å². The number of halogens is 1. The third-order valence-electron chi connectivity index (χ3n) is 3.21. The molecule has 1 aromatic rings. The van der Waals surface area contributed by atoms with Crippen LogP contribution in [0, 0.1) is 5.41 Å². The van der Waals surface area contributed by atoms with Crippen LogP contribution in [0.15, 0.2) is 12.1 Å². The lowest BCUT2D eigenvalue weighted by atomic mass is 9.88. The molecule has 1 unspecified atom stereocenters. The van der Waals surface area contributed by atoms with Crippen LogP contribution in [0.5, 0.6) is 0 Å². The summed E-state index contributed by atoms with van der Waals surface area (Å²) in [5.74, 6) is 0. The van der Waals surface area contributed by atoms with Crippen molar-refractivity contribution in [2.45, 2.75) is 45.1 Å². The molecule has 1 aliphatic carbocycles. The topological polar surface area (TPSA) is 20.2 Å². The van der Waals surface area contributed by atoms with Crippen LogP contribution in [0.3, 0.4) is 0 Å². The summed E-state index contributed by atoms with van der Waals surface area (Å²) >= 11 is 7.46. The Balaban J connectivity index is 2.06. The quantitative estimate of drug-likeness (QED) is 0.837. The van der Waals surface area contributed by atoms with Gasteiger partial charge in [-0.15, -0.1) is 11.3 Å². The van der Waals surface area contributed by atoms with Crippen molar-refractivity contribution in [2.75, 3.05) is 0 Å². The molecule has 0 aliphatic heterocycles. The zero-order valence-electron chi connectivity index (χ0n) is 9.22. The van der Waals surface area contributed by atoms with Crippen molar-refractivity contribution in [1.29, 1.82) is 0 Å². The Kier molecular flexibility index (Phi) is 2.87. The molecule has 1 aromatic heterocycles. The summed E-state index contributed by atoms with van der Waals surface area (Å²) in [6.07, 6.45) is 3.68. The van der Waals surface area contributed by atoms with Crippen LogP contribution in [0.2, 0.25) is 4.34 Å². The molecule has 1 N–H and O–H groups in total. The lowest BCUT2D eigenvalue weighted by molar-refractivity contribution is 0.0386. The first kappa shape index (κ1) is 11.4. The third-order valence-corrected chi connectivity index (χ3v) is 4.44. The highest BCUT2D eigenvalue weighted by molar-refractivity contribution is 7.16. The van der Waals surface area contributed by atoms with E-state index in [1.54, 1.807) is 11.3 Å². The van der Waals surface area contributed by atoms with Crippen molar-refractivity contribution in [3.8, 4) is 0 Å². The van der Waals surface area contributed by atoms with Crippen LogP contribution in [0.4, 0.5) is 0 Å². The maximum absolute atomic E-state index is 10.5. The van der Waals surface area contributed by atoms with Gasteiger partial charge in [-0.2, -0.15) is 0 Å². The van der Waals surface area contributed by atoms with Crippen LogP contribution in [-0.2, 0) is 6.42 Å². The number of hydrogen-bond acceptors (Lipinski definition) is 2. The third kappa shape index (κ3) is 2.74. The molecule has 0 radical (unpaired) electrons. The van der Waals surface area contributed by atoms with Crippen molar-refractivity contribution in [2.24, 2.45) is 5.41 Å². The van der Waals surface area contributed by atoms with Crippen molar-refractivity contribution in [3.63, 3.8) is 0 Å². The minimum atomic E-state index is -0.502. The van der Waals surface area contributed by atoms with Crippen LogP contribution in [0.1, 0.15) is 38.0 Å². The zero-order chi connectivity index (χ0) is 11.1. The summed E-state index contributed by atoms with van der Waals surface area (Å²) in [5, 5.41) is 10.5. The van der Waals surface area contributed by atoms with E-state index in [2.05, 4.69) is 13.8 Å². The molecular weight excluding hydrogens is 228 g/mol. The molecule has 3 heteroatoms. The summed E-state index contributed by atoms with van der Waals surface area (Å²) in [6, 6.07) is 3.93. The van der Waals surface area contributed by atoms with Crippen LogP contribution >= 0.6 is 22.9 Å². The Morgan fingerprint density at radius 1 is 1.40 bits per heavy atom. The fourth-order valence-corrected chi connectivity index (χ4v) is 3.78. The molecule has 1 saturated carbocycles. The van der Waals surface area contributed by atoms with E-state index >= 15 is 0 Å². The van der Waals surface area contributed by atoms with Gasteiger partial charge in [-0.05, 0) is 36.8 Å². The standard InChI is InChI=1S/C12H17ClOS/c1-11(2)5-6-12(14,8-11)7-9-3-4-10(13)15-9/h3-4,14H,5-8H2,1-2H3. The van der Waals surface area contributed by atoms with Gasteiger partial charge in [0.25, 0.3) is 0 Å². The molecule has 0 aromatic carbocycles. The Morgan fingerprint density at radius 2 is 2.13 bits per heavy atom. The van der Waals surface area contributed by atoms with Crippen molar-refractivity contribution in [1.82, 2.24) is 0 Å². The van der Waals surface area contributed by atoms with E-state index in [0.717, 1.165) is 30.0 Å². The number of hydrogen-bond donors (Lipinski definition) is 1. The molecule has 2 rings (SSSR count). The molecule has 1 atom stereocenters. The van der Waals surface area contributed by atoms with E-state index in [1.807, 2.05) is 12.1 Å². The van der Waals surface area contributed by atoms with E-state index in [-0.39, 0.29) is 5.41 Å².